The zero-order chi connectivity index (χ0) is 19.1. The van der Waals surface area contributed by atoms with Gasteiger partial charge in [0.15, 0.2) is 0 Å². The highest BCUT2D eigenvalue weighted by molar-refractivity contribution is 7.99. The normalized spacial score (nSPS) is 19.1. The Labute approximate surface area is 171 Å². The van der Waals surface area contributed by atoms with Gasteiger partial charge in [-0.05, 0) is 43.4 Å². The van der Waals surface area contributed by atoms with Crippen LogP contribution in [0, 0.1) is 5.92 Å². The summed E-state index contributed by atoms with van der Waals surface area (Å²) < 4.78 is 0. The van der Waals surface area contributed by atoms with E-state index < -0.39 is 0 Å². The van der Waals surface area contributed by atoms with Crippen LogP contribution < -0.4 is 5.32 Å². The first-order chi connectivity index (χ1) is 13.1. The molecule has 2 fully saturated rings. The van der Waals surface area contributed by atoms with E-state index in [1.54, 1.807) is 11.8 Å². The Morgan fingerprint density at radius 2 is 1.85 bits per heavy atom. The molecule has 2 amide bonds. The molecule has 0 spiro atoms. The summed E-state index contributed by atoms with van der Waals surface area (Å²) in [5.74, 6) is 1.92. The summed E-state index contributed by atoms with van der Waals surface area (Å²) in [5.41, 5.74) is 1.14. The predicted octanol–water partition coefficient (Wildman–Crippen LogP) is 4.26. The highest BCUT2D eigenvalue weighted by Gasteiger charge is 2.27. The molecule has 1 saturated carbocycles. The van der Waals surface area contributed by atoms with Gasteiger partial charge in [0.1, 0.15) is 0 Å². The number of thioether (sulfide) groups is 1. The third-order valence-electron chi connectivity index (χ3n) is 5.55. The van der Waals surface area contributed by atoms with Crippen molar-refractivity contribution in [3.05, 3.63) is 34.9 Å². The highest BCUT2D eigenvalue weighted by atomic mass is 35.5. The lowest BCUT2D eigenvalue weighted by Gasteiger charge is -2.33. The molecule has 0 aromatic heterocycles. The first-order valence-electron chi connectivity index (χ1n) is 10.0. The van der Waals surface area contributed by atoms with Crippen molar-refractivity contribution in [3.63, 3.8) is 0 Å². The minimum Gasteiger partial charge on any atom is -0.353 e. The second-order valence-corrected chi connectivity index (χ2v) is 9.04. The molecule has 148 valence electrons. The van der Waals surface area contributed by atoms with Gasteiger partial charge < -0.3 is 10.2 Å². The molecule has 0 bridgehead atoms. The van der Waals surface area contributed by atoms with Crippen molar-refractivity contribution in [1.29, 1.82) is 0 Å². The fourth-order valence-corrected chi connectivity index (χ4v) is 5.02. The molecular formula is C21H29ClN2O2S. The summed E-state index contributed by atoms with van der Waals surface area (Å²) in [6, 6.07) is 8.00. The fourth-order valence-electron chi connectivity index (χ4n) is 3.93. The fraction of sp³-hybridized carbons (Fsp3) is 0.619. The largest absolute Gasteiger partial charge is 0.353 e. The molecule has 2 aliphatic rings. The van der Waals surface area contributed by atoms with Crippen LogP contribution in [0.5, 0.6) is 0 Å². The van der Waals surface area contributed by atoms with E-state index in [-0.39, 0.29) is 23.8 Å². The first-order valence-corrected chi connectivity index (χ1v) is 11.6. The molecular weight excluding hydrogens is 380 g/mol. The number of hydrogen-bond acceptors (Lipinski definition) is 3. The van der Waals surface area contributed by atoms with Gasteiger partial charge in [0.05, 0.1) is 5.75 Å². The lowest BCUT2D eigenvalue weighted by Crippen LogP contribution is -2.48. The molecule has 0 atom stereocenters. The van der Waals surface area contributed by atoms with Crippen LogP contribution >= 0.6 is 23.4 Å². The molecule has 4 nitrogen and oxygen atoms in total. The number of hydrogen-bond donors (Lipinski definition) is 1. The van der Waals surface area contributed by atoms with Crippen molar-refractivity contribution in [3.8, 4) is 0 Å². The first kappa shape index (κ1) is 20.5. The Kier molecular flexibility index (Phi) is 7.89. The van der Waals surface area contributed by atoms with Crippen molar-refractivity contribution in [2.24, 2.45) is 5.92 Å². The van der Waals surface area contributed by atoms with E-state index in [2.05, 4.69) is 5.32 Å². The Bertz CT molecular complexity index is 641. The lowest BCUT2D eigenvalue weighted by atomic mass is 9.88. The number of nitrogens with one attached hydrogen (secondary N) is 1. The van der Waals surface area contributed by atoms with Crippen molar-refractivity contribution in [2.45, 2.75) is 56.7 Å². The van der Waals surface area contributed by atoms with Gasteiger partial charge in [0.2, 0.25) is 11.8 Å². The van der Waals surface area contributed by atoms with E-state index in [0.29, 0.717) is 5.75 Å². The van der Waals surface area contributed by atoms with Crippen LogP contribution in [0.25, 0.3) is 0 Å². The van der Waals surface area contributed by atoms with Crippen molar-refractivity contribution in [2.75, 3.05) is 18.8 Å². The zero-order valence-corrected chi connectivity index (χ0v) is 17.4. The number of nitrogens with zero attached hydrogens (tertiary/aromatic N) is 1. The summed E-state index contributed by atoms with van der Waals surface area (Å²) in [6.07, 6.45) is 7.42. The molecule has 1 saturated heterocycles. The number of rotatable bonds is 6. The summed E-state index contributed by atoms with van der Waals surface area (Å²) in [4.78, 5) is 26.7. The number of likely N-dealkylation sites (tertiary alicyclic amines) is 1. The average molecular weight is 409 g/mol. The van der Waals surface area contributed by atoms with Crippen LogP contribution in [0.4, 0.5) is 0 Å². The molecule has 27 heavy (non-hydrogen) atoms. The summed E-state index contributed by atoms with van der Waals surface area (Å²) >= 11 is 7.62. The van der Waals surface area contributed by atoms with E-state index >= 15 is 0 Å². The Morgan fingerprint density at radius 1 is 1.11 bits per heavy atom. The van der Waals surface area contributed by atoms with Crippen molar-refractivity contribution < 1.29 is 9.59 Å². The van der Waals surface area contributed by atoms with Crippen LogP contribution in [-0.2, 0) is 15.3 Å². The predicted molar refractivity (Wildman–Crippen MR) is 112 cm³/mol. The molecule has 1 N–H and O–H groups in total. The molecule has 1 aliphatic heterocycles. The number of halogens is 1. The number of piperidine rings is 1. The van der Waals surface area contributed by atoms with Crippen molar-refractivity contribution >= 4 is 35.2 Å². The van der Waals surface area contributed by atoms with Gasteiger partial charge in [0.25, 0.3) is 0 Å². The molecule has 1 aliphatic carbocycles. The van der Waals surface area contributed by atoms with E-state index in [1.165, 1.54) is 19.3 Å². The molecule has 1 aromatic carbocycles. The summed E-state index contributed by atoms with van der Waals surface area (Å²) in [7, 11) is 0. The maximum Gasteiger partial charge on any atom is 0.232 e. The van der Waals surface area contributed by atoms with Crippen LogP contribution in [-0.4, -0.2) is 41.6 Å². The Balaban J connectivity index is 1.34. The molecule has 0 unspecified atom stereocenters. The maximum absolute atomic E-state index is 12.4. The van der Waals surface area contributed by atoms with E-state index in [4.69, 9.17) is 11.6 Å². The summed E-state index contributed by atoms with van der Waals surface area (Å²) in [5, 5.41) is 3.96. The van der Waals surface area contributed by atoms with E-state index in [9.17, 15) is 9.59 Å². The van der Waals surface area contributed by atoms with Gasteiger partial charge in [-0.2, -0.15) is 0 Å². The van der Waals surface area contributed by atoms with Crippen LogP contribution in [0.3, 0.4) is 0 Å². The number of amides is 2. The quantitative estimate of drug-likeness (QED) is 0.765. The smallest absolute Gasteiger partial charge is 0.232 e. The lowest BCUT2D eigenvalue weighted by molar-refractivity contribution is -0.130. The van der Waals surface area contributed by atoms with Gasteiger partial charge in [-0.1, -0.05) is 43.0 Å². The number of carbonyl (C=O) groups excluding carboxylic acids is 2. The SMILES string of the molecule is O=C(NC1CCN(C(=O)CSCc2cccc(Cl)c2)CC1)C1CCCCC1. The van der Waals surface area contributed by atoms with Gasteiger partial charge in [0, 0.05) is 35.8 Å². The standard InChI is InChI=1S/C21H29ClN2O2S/c22-18-8-4-5-16(13-18)14-27-15-20(25)24-11-9-19(10-12-24)23-21(26)17-6-2-1-3-7-17/h4-5,8,13,17,19H,1-3,6-7,9-12,14-15H2,(H,23,26). The second-order valence-electron chi connectivity index (χ2n) is 7.62. The van der Waals surface area contributed by atoms with Gasteiger partial charge in [-0.25, -0.2) is 0 Å². The van der Waals surface area contributed by atoms with Crippen LogP contribution in [0.15, 0.2) is 24.3 Å². The molecule has 1 heterocycles. The Morgan fingerprint density at radius 3 is 2.56 bits per heavy atom. The van der Waals surface area contributed by atoms with Gasteiger partial charge >= 0.3 is 0 Å². The van der Waals surface area contributed by atoms with E-state index in [1.807, 2.05) is 29.2 Å². The highest BCUT2D eigenvalue weighted by Crippen LogP contribution is 2.24. The third-order valence-corrected chi connectivity index (χ3v) is 6.78. The topological polar surface area (TPSA) is 49.4 Å². The minimum atomic E-state index is 0.194. The Hall–Kier alpha value is -1.20. The molecule has 3 rings (SSSR count). The third kappa shape index (κ3) is 6.42. The van der Waals surface area contributed by atoms with Gasteiger partial charge in [-0.3, -0.25) is 9.59 Å². The zero-order valence-electron chi connectivity index (χ0n) is 15.8. The number of carbonyl (C=O) groups is 2. The number of benzene rings is 1. The van der Waals surface area contributed by atoms with Gasteiger partial charge in [-0.15, -0.1) is 11.8 Å². The summed E-state index contributed by atoms with van der Waals surface area (Å²) in [6.45, 7) is 1.48. The van der Waals surface area contributed by atoms with Crippen molar-refractivity contribution in [1.82, 2.24) is 10.2 Å². The second kappa shape index (κ2) is 10.4. The minimum absolute atomic E-state index is 0.194. The maximum atomic E-state index is 12.4. The molecule has 0 radical (unpaired) electrons. The monoisotopic (exact) mass is 408 g/mol. The van der Waals surface area contributed by atoms with Crippen LogP contribution in [0.2, 0.25) is 5.02 Å². The van der Waals surface area contributed by atoms with E-state index in [0.717, 1.165) is 55.1 Å². The van der Waals surface area contributed by atoms with Crippen LogP contribution in [0.1, 0.15) is 50.5 Å². The molecule has 6 heteroatoms. The average Bonchev–Trinajstić information content (AvgIpc) is 2.69. The molecule has 1 aromatic rings.